The molecule has 1 rings (SSSR count). The van der Waals surface area contributed by atoms with Gasteiger partial charge in [-0.25, -0.2) is 13.1 Å². The van der Waals surface area contributed by atoms with Crippen molar-refractivity contribution < 1.29 is 13.5 Å². The van der Waals surface area contributed by atoms with Gasteiger partial charge in [0.1, 0.15) is 0 Å². The average molecular weight is 278 g/mol. The highest BCUT2D eigenvalue weighted by Gasteiger charge is 2.18. The molecule has 0 radical (unpaired) electrons. The van der Waals surface area contributed by atoms with Crippen LogP contribution in [0.3, 0.4) is 0 Å². The Morgan fingerprint density at radius 1 is 1.47 bits per heavy atom. The Bertz CT molecular complexity index is 483. The van der Waals surface area contributed by atoms with E-state index in [0.29, 0.717) is 17.0 Å². The highest BCUT2D eigenvalue weighted by molar-refractivity contribution is 7.89. The summed E-state index contributed by atoms with van der Waals surface area (Å²) in [5.41, 5.74) is 0.701. The van der Waals surface area contributed by atoms with Gasteiger partial charge in [-0.2, -0.15) is 0 Å². The van der Waals surface area contributed by atoms with E-state index in [1.807, 2.05) is 0 Å². The normalized spacial score (nSPS) is 13.6. The molecule has 0 bridgehead atoms. The van der Waals surface area contributed by atoms with Gasteiger partial charge in [0, 0.05) is 11.1 Å². The Kier molecular flexibility index (Phi) is 4.94. The first-order valence-electron chi connectivity index (χ1n) is 5.30. The zero-order valence-corrected chi connectivity index (χ0v) is 11.3. The van der Waals surface area contributed by atoms with Crippen LogP contribution in [0.4, 0.5) is 0 Å². The van der Waals surface area contributed by atoms with Crippen molar-refractivity contribution in [2.45, 2.75) is 31.2 Å². The fourth-order valence-electron chi connectivity index (χ4n) is 1.32. The lowest BCUT2D eigenvalue weighted by atomic mass is 10.2. The van der Waals surface area contributed by atoms with Gasteiger partial charge in [0.2, 0.25) is 10.0 Å². The molecular weight excluding hydrogens is 262 g/mol. The van der Waals surface area contributed by atoms with Crippen LogP contribution >= 0.6 is 11.6 Å². The molecule has 0 aliphatic carbocycles. The zero-order chi connectivity index (χ0) is 13.1. The first-order chi connectivity index (χ1) is 7.90. The van der Waals surface area contributed by atoms with Gasteiger partial charge < -0.3 is 5.11 Å². The van der Waals surface area contributed by atoms with E-state index >= 15 is 0 Å². The maximum absolute atomic E-state index is 12.0. The molecule has 0 fully saturated rings. The topological polar surface area (TPSA) is 66.4 Å². The van der Waals surface area contributed by atoms with Crippen LogP contribution in [0.25, 0.3) is 0 Å². The molecule has 0 amide bonds. The Morgan fingerprint density at radius 2 is 2.12 bits per heavy atom. The van der Waals surface area contributed by atoms with Gasteiger partial charge in [0.05, 0.1) is 11.5 Å². The van der Waals surface area contributed by atoms with Gasteiger partial charge in [-0.1, -0.05) is 18.5 Å². The summed E-state index contributed by atoms with van der Waals surface area (Å²) >= 11 is 5.84. The summed E-state index contributed by atoms with van der Waals surface area (Å²) in [6.07, 6.45) is 0.530. The number of aliphatic hydroxyl groups excluding tert-OH is 1. The van der Waals surface area contributed by atoms with Crippen LogP contribution in [0.15, 0.2) is 23.1 Å². The second-order valence-electron chi connectivity index (χ2n) is 3.82. The van der Waals surface area contributed by atoms with Crippen LogP contribution in [-0.2, 0) is 10.0 Å². The van der Waals surface area contributed by atoms with Crippen LogP contribution in [0.5, 0.6) is 0 Å². The third kappa shape index (κ3) is 3.67. The number of benzene rings is 1. The quantitative estimate of drug-likeness (QED) is 0.861. The zero-order valence-electron chi connectivity index (χ0n) is 9.77. The molecule has 6 heteroatoms. The largest absolute Gasteiger partial charge is 0.395 e. The SMILES string of the molecule is CCC(CO)NS(=O)(=O)c1ccc(Cl)c(C)c1. The van der Waals surface area contributed by atoms with Gasteiger partial charge in [-0.3, -0.25) is 0 Å². The number of halogens is 1. The summed E-state index contributed by atoms with van der Waals surface area (Å²) in [5, 5.41) is 9.51. The maximum Gasteiger partial charge on any atom is 0.240 e. The smallest absolute Gasteiger partial charge is 0.240 e. The number of rotatable bonds is 5. The second-order valence-corrected chi connectivity index (χ2v) is 5.94. The summed E-state index contributed by atoms with van der Waals surface area (Å²) in [7, 11) is -3.59. The Hall–Kier alpha value is -0.620. The summed E-state index contributed by atoms with van der Waals surface area (Å²) < 4.78 is 26.4. The van der Waals surface area contributed by atoms with E-state index < -0.39 is 16.1 Å². The van der Waals surface area contributed by atoms with Gasteiger partial charge in [-0.05, 0) is 37.1 Å². The van der Waals surface area contributed by atoms with Crippen molar-refractivity contribution in [3.63, 3.8) is 0 Å². The molecule has 0 aromatic heterocycles. The summed E-state index contributed by atoms with van der Waals surface area (Å²) in [6.45, 7) is 3.32. The number of hydrogen-bond acceptors (Lipinski definition) is 3. The number of hydrogen-bond donors (Lipinski definition) is 2. The Balaban J connectivity index is 3.01. The van der Waals surface area contributed by atoms with Crippen molar-refractivity contribution in [2.24, 2.45) is 0 Å². The molecule has 17 heavy (non-hydrogen) atoms. The van der Waals surface area contributed by atoms with Gasteiger partial charge in [0.15, 0.2) is 0 Å². The third-order valence-electron chi connectivity index (χ3n) is 2.47. The maximum atomic E-state index is 12.0. The lowest BCUT2D eigenvalue weighted by Crippen LogP contribution is -2.36. The molecule has 96 valence electrons. The van der Waals surface area contributed by atoms with E-state index in [1.165, 1.54) is 12.1 Å². The summed E-state index contributed by atoms with van der Waals surface area (Å²) in [4.78, 5) is 0.159. The van der Waals surface area contributed by atoms with Gasteiger partial charge in [-0.15, -0.1) is 0 Å². The van der Waals surface area contributed by atoms with Crippen LogP contribution in [0.1, 0.15) is 18.9 Å². The molecule has 0 spiro atoms. The summed E-state index contributed by atoms with van der Waals surface area (Å²) in [5.74, 6) is 0. The van der Waals surface area contributed by atoms with E-state index in [-0.39, 0.29) is 11.5 Å². The van der Waals surface area contributed by atoms with Crippen molar-refractivity contribution >= 4 is 21.6 Å². The number of aliphatic hydroxyl groups is 1. The third-order valence-corrected chi connectivity index (χ3v) is 4.42. The lowest BCUT2D eigenvalue weighted by molar-refractivity contribution is 0.254. The molecular formula is C11H16ClNO3S. The van der Waals surface area contributed by atoms with Gasteiger partial charge in [0.25, 0.3) is 0 Å². The molecule has 1 aromatic carbocycles. The predicted molar refractivity (Wildman–Crippen MR) is 67.7 cm³/mol. The molecule has 0 saturated heterocycles. The van der Waals surface area contributed by atoms with Crippen LogP contribution in [-0.4, -0.2) is 26.2 Å². The van der Waals surface area contributed by atoms with Crippen LogP contribution in [0, 0.1) is 6.92 Å². The second kappa shape index (κ2) is 5.82. The van der Waals surface area contributed by atoms with E-state index in [2.05, 4.69) is 4.72 Å². The number of nitrogens with one attached hydrogen (secondary N) is 1. The summed E-state index contributed by atoms with van der Waals surface area (Å²) in [6, 6.07) is 4.04. The molecule has 1 atom stereocenters. The molecule has 0 aliphatic heterocycles. The Morgan fingerprint density at radius 3 is 2.59 bits per heavy atom. The van der Waals surface area contributed by atoms with E-state index in [4.69, 9.17) is 16.7 Å². The molecule has 0 heterocycles. The van der Waals surface area contributed by atoms with Crippen molar-refractivity contribution in [1.29, 1.82) is 0 Å². The Labute approximate surface area is 107 Å². The number of aryl methyl sites for hydroxylation is 1. The van der Waals surface area contributed by atoms with E-state index in [1.54, 1.807) is 19.9 Å². The molecule has 1 aromatic rings. The molecule has 0 saturated carbocycles. The van der Waals surface area contributed by atoms with Crippen molar-refractivity contribution in [3.8, 4) is 0 Å². The monoisotopic (exact) mass is 277 g/mol. The lowest BCUT2D eigenvalue weighted by Gasteiger charge is -2.14. The standard InChI is InChI=1S/C11H16ClNO3S/c1-3-9(7-14)13-17(15,16)10-4-5-11(12)8(2)6-10/h4-6,9,13-14H,3,7H2,1-2H3. The van der Waals surface area contributed by atoms with Crippen LogP contribution < -0.4 is 4.72 Å². The van der Waals surface area contributed by atoms with Crippen LogP contribution in [0.2, 0.25) is 5.02 Å². The predicted octanol–water partition coefficient (Wildman–Crippen LogP) is 1.70. The number of sulfonamides is 1. The minimum absolute atomic E-state index is 0.159. The minimum Gasteiger partial charge on any atom is -0.395 e. The van der Waals surface area contributed by atoms with Crippen molar-refractivity contribution in [3.05, 3.63) is 28.8 Å². The van der Waals surface area contributed by atoms with Crippen molar-refractivity contribution in [2.75, 3.05) is 6.61 Å². The average Bonchev–Trinajstić information content (AvgIpc) is 2.29. The van der Waals surface area contributed by atoms with Gasteiger partial charge >= 0.3 is 0 Å². The first-order valence-corrected chi connectivity index (χ1v) is 7.16. The van der Waals surface area contributed by atoms with Crippen molar-refractivity contribution in [1.82, 2.24) is 4.72 Å². The van der Waals surface area contributed by atoms with E-state index in [0.717, 1.165) is 0 Å². The minimum atomic E-state index is -3.59. The fourth-order valence-corrected chi connectivity index (χ4v) is 2.83. The fraction of sp³-hybridized carbons (Fsp3) is 0.455. The highest BCUT2D eigenvalue weighted by Crippen LogP contribution is 2.19. The van der Waals surface area contributed by atoms with E-state index in [9.17, 15) is 8.42 Å². The molecule has 0 aliphatic rings. The highest BCUT2D eigenvalue weighted by atomic mass is 35.5. The molecule has 4 nitrogen and oxygen atoms in total. The molecule has 2 N–H and O–H groups in total. The molecule has 1 unspecified atom stereocenters. The first kappa shape index (κ1) is 14.4.